The molecule has 9 nitrogen and oxygen atoms in total. The molecule has 3 amide bonds. The molecular weight excluding hydrogens is 326 g/mol. The number of urea groups is 1. The Bertz CT molecular complexity index is 580. The highest BCUT2D eigenvalue weighted by Crippen LogP contribution is 2.40. The third-order valence-electron chi connectivity index (χ3n) is 4.63. The summed E-state index contributed by atoms with van der Waals surface area (Å²) in [4.78, 5) is 25.8. The van der Waals surface area contributed by atoms with E-state index in [4.69, 9.17) is 10.3 Å². The van der Waals surface area contributed by atoms with Gasteiger partial charge in [0.05, 0.1) is 6.04 Å². The third kappa shape index (κ3) is 3.59. The summed E-state index contributed by atoms with van der Waals surface area (Å²) in [6.07, 6.45) is 4.95. The lowest BCUT2D eigenvalue weighted by Gasteiger charge is -2.41. The molecule has 0 aliphatic carbocycles. The Morgan fingerprint density at radius 3 is 2.70 bits per heavy atom. The topological polar surface area (TPSA) is 130 Å². The summed E-state index contributed by atoms with van der Waals surface area (Å²) in [5.41, 5.74) is 4.46. The minimum absolute atomic E-state index is 0.158. The zero-order chi connectivity index (χ0) is 17.3. The Morgan fingerprint density at radius 2 is 2.13 bits per heavy atom. The molecule has 2 rings (SSSR count). The van der Waals surface area contributed by atoms with Crippen molar-refractivity contribution in [2.75, 3.05) is 6.54 Å². The largest absolute Gasteiger partial charge is 0.418 e. The maximum Gasteiger partial charge on any atom is 0.418 e. The molecule has 132 valence electrons. The van der Waals surface area contributed by atoms with Crippen LogP contribution in [0.5, 0.6) is 0 Å². The van der Waals surface area contributed by atoms with Gasteiger partial charge in [-0.25, -0.2) is 4.79 Å². The molecule has 0 aromatic heterocycles. The summed E-state index contributed by atoms with van der Waals surface area (Å²) in [7, 11) is -4.80. The summed E-state index contributed by atoms with van der Waals surface area (Å²) in [6, 6.07) is -1.27. The zero-order valence-electron chi connectivity index (χ0n) is 13.1. The van der Waals surface area contributed by atoms with Crippen LogP contribution >= 0.6 is 0 Å². The molecule has 2 heterocycles. The monoisotopic (exact) mass is 349 g/mol. The van der Waals surface area contributed by atoms with Crippen LogP contribution in [0.2, 0.25) is 0 Å². The van der Waals surface area contributed by atoms with Gasteiger partial charge in [0.1, 0.15) is 5.54 Å². The van der Waals surface area contributed by atoms with Crippen molar-refractivity contribution >= 4 is 22.3 Å². The number of primary amides is 1. The average molecular weight is 349 g/mol. The zero-order valence-corrected chi connectivity index (χ0v) is 13.9. The van der Waals surface area contributed by atoms with Gasteiger partial charge in [0.15, 0.2) is 0 Å². The molecule has 0 spiro atoms. The van der Waals surface area contributed by atoms with Crippen molar-refractivity contribution in [2.24, 2.45) is 5.73 Å². The SMILES string of the molecule is CCCCCCC1(C(N)=O)CCC2CN1C(=O)N2OS(=O)(=O)O. The second kappa shape index (κ2) is 6.62. The number of rotatable bonds is 8. The number of hydrogen-bond donors (Lipinski definition) is 2. The predicted octanol–water partition coefficient (Wildman–Crippen LogP) is 0.815. The van der Waals surface area contributed by atoms with Gasteiger partial charge in [0.25, 0.3) is 0 Å². The number of nitrogens with two attached hydrogens (primary N) is 1. The van der Waals surface area contributed by atoms with Crippen LogP contribution < -0.4 is 5.73 Å². The van der Waals surface area contributed by atoms with Crippen molar-refractivity contribution < 1.29 is 26.8 Å². The van der Waals surface area contributed by atoms with E-state index in [0.29, 0.717) is 24.3 Å². The molecule has 2 bridgehead atoms. The Morgan fingerprint density at radius 1 is 1.43 bits per heavy atom. The molecule has 2 aliphatic heterocycles. The van der Waals surface area contributed by atoms with Crippen LogP contribution in [-0.4, -0.2) is 53.0 Å². The molecule has 23 heavy (non-hydrogen) atoms. The first-order chi connectivity index (χ1) is 10.7. The van der Waals surface area contributed by atoms with Gasteiger partial charge in [0, 0.05) is 6.54 Å². The third-order valence-corrected chi connectivity index (χ3v) is 4.98. The van der Waals surface area contributed by atoms with Crippen LogP contribution in [0, 0.1) is 0 Å². The van der Waals surface area contributed by atoms with E-state index < -0.39 is 33.9 Å². The predicted molar refractivity (Wildman–Crippen MR) is 80.3 cm³/mol. The molecule has 2 saturated heterocycles. The van der Waals surface area contributed by atoms with E-state index in [0.717, 1.165) is 25.7 Å². The first kappa shape index (κ1) is 18.0. The van der Waals surface area contributed by atoms with Gasteiger partial charge >= 0.3 is 16.4 Å². The number of piperidine rings is 1. The molecule has 2 atom stereocenters. The standard InChI is InChI=1S/C13H23N3O6S/c1-2-3-4-5-7-13(11(14)17)8-6-10-9-15(13)12(18)16(10)22-23(19,20)21/h10H,2-9H2,1H3,(H2,14,17)(H,19,20,21). The molecule has 2 unspecified atom stereocenters. The average Bonchev–Trinajstić information content (AvgIpc) is 2.70. The number of carbonyl (C=O) groups is 2. The molecule has 0 saturated carbocycles. The summed E-state index contributed by atoms with van der Waals surface area (Å²) in [5.74, 6) is -0.588. The van der Waals surface area contributed by atoms with E-state index >= 15 is 0 Å². The van der Waals surface area contributed by atoms with Crippen LogP contribution in [0.15, 0.2) is 0 Å². The van der Waals surface area contributed by atoms with E-state index in [1.54, 1.807) is 0 Å². The highest BCUT2D eigenvalue weighted by molar-refractivity contribution is 7.80. The molecule has 0 radical (unpaired) electrons. The van der Waals surface area contributed by atoms with E-state index in [1.807, 2.05) is 0 Å². The van der Waals surface area contributed by atoms with Crippen molar-refractivity contribution in [1.29, 1.82) is 0 Å². The minimum atomic E-state index is -4.80. The molecule has 0 aromatic rings. The van der Waals surface area contributed by atoms with Gasteiger partial charge in [-0.05, 0) is 19.3 Å². The number of unbranched alkanes of at least 4 members (excludes halogenated alkanes) is 3. The van der Waals surface area contributed by atoms with Crippen molar-refractivity contribution in [3.8, 4) is 0 Å². The van der Waals surface area contributed by atoms with Gasteiger partial charge in [0.2, 0.25) is 5.91 Å². The van der Waals surface area contributed by atoms with Crippen molar-refractivity contribution in [2.45, 2.75) is 63.5 Å². The molecule has 10 heteroatoms. The van der Waals surface area contributed by atoms with Crippen molar-refractivity contribution in [3.05, 3.63) is 0 Å². The maximum atomic E-state index is 12.4. The van der Waals surface area contributed by atoms with Crippen LogP contribution in [0.25, 0.3) is 0 Å². The summed E-state index contributed by atoms with van der Waals surface area (Å²) < 4.78 is 34.9. The fourth-order valence-electron chi connectivity index (χ4n) is 3.42. The van der Waals surface area contributed by atoms with Gasteiger partial charge in [-0.1, -0.05) is 32.6 Å². The molecule has 3 N–H and O–H groups in total. The highest BCUT2D eigenvalue weighted by Gasteiger charge is 2.56. The summed E-state index contributed by atoms with van der Waals surface area (Å²) in [5, 5.41) is 0.631. The van der Waals surface area contributed by atoms with Gasteiger partial charge in [-0.2, -0.15) is 13.5 Å². The Labute approximate surface area is 135 Å². The van der Waals surface area contributed by atoms with E-state index in [2.05, 4.69) is 11.2 Å². The first-order valence-corrected chi connectivity index (χ1v) is 9.15. The molecule has 2 fully saturated rings. The number of amides is 3. The lowest BCUT2D eigenvalue weighted by Crippen LogP contribution is -2.60. The van der Waals surface area contributed by atoms with Crippen molar-refractivity contribution in [3.63, 3.8) is 0 Å². The second-order valence-corrected chi connectivity index (χ2v) is 7.12. The molecule has 2 aliphatic rings. The maximum absolute atomic E-state index is 12.4. The number of nitrogens with zero attached hydrogens (tertiary/aromatic N) is 2. The number of carbonyl (C=O) groups excluding carboxylic acids is 2. The fourth-order valence-corrected chi connectivity index (χ4v) is 3.81. The van der Waals surface area contributed by atoms with Gasteiger partial charge < -0.3 is 10.6 Å². The Hall–Kier alpha value is -1.39. The quantitative estimate of drug-likeness (QED) is 0.493. The summed E-state index contributed by atoms with van der Waals surface area (Å²) >= 11 is 0. The number of hydroxylamine groups is 2. The lowest BCUT2D eigenvalue weighted by atomic mass is 9.81. The van der Waals surface area contributed by atoms with Crippen LogP contribution in [0.1, 0.15) is 51.9 Å². The number of hydrogen-bond acceptors (Lipinski definition) is 5. The van der Waals surface area contributed by atoms with E-state index in [-0.39, 0.29) is 6.54 Å². The van der Waals surface area contributed by atoms with E-state index in [9.17, 15) is 18.0 Å². The second-order valence-electron chi connectivity index (χ2n) is 6.12. The lowest BCUT2D eigenvalue weighted by molar-refractivity contribution is -0.130. The minimum Gasteiger partial charge on any atom is -0.368 e. The van der Waals surface area contributed by atoms with Crippen LogP contribution in [-0.2, 0) is 19.5 Å². The molecule has 0 aromatic carbocycles. The Balaban J connectivity index is 2.17. The van der Waals surface area contributed by atoms with Crippen LogP contribution in [0.3, 0.4) is 0 Å². The highest BCUT2D eigenvalue weighted by atomic mass is 32.3. The normalized spacial score (nSPS) is 27.6. The smallest absolute Gasteiger partial charge is 0.368 e. The van der Waals surface area contributed by atoms with Crippen molar-refractivity contribution in [1.82, 2.24) is 9.96 Å². The Kier molecular flexibility index (Phi) is 5.17. The first-order valence-electron chi connectivity index (χ1n) is 7.79. The van der Waals surface area contributed by atoms with Gasteiger partial charge in [-0.3, -0.25) is 9.35 Å². The number of fused-ring (bicyclic) bond motifs is 2. The van der Waals surface area contributed by atoms with E-state index in [1.165, 1.54) is 4.90 Å². The summed E-state index contributed by atoms with van der Waals surface area (Å²) in [6.45, 7) is 2.23. The molecular formula is C13H23N3O6S. The van der Waals surface area contributed by atoms with Gasteiger partial charge in [-0.15, -0.1) is 4.28 Å². The fraction of sp³-hybridized carbons (Fsp3) is 0.846. The van der Waals surface area contributed by atoms with Crippen LogP contribution in [0.4, 0.5) is 4.79 Å².